The third-order valence-corrected chi connectivity index (χ3v) is 3.67. The molecule has 0 aliphatic heterocycles. The van der Waals surface area contributed by atoms with Gasteiger partial charge in [0.1, 0.15) is 5.84 Å². The van der Waals surface area contributed by atoms with Crippen LogP contribution >= 0.6 is 0 Å². The number of benzene rings is 1. The molecule has 1 fully saturated rings. The largest absolute Gasteiger partial charge is 0.384 e. The maximum Gasteiger partial charge on any atom is 0.294 e. The van der Waals surface area contributed by atoms with Crippen LogP contribution < -0.4 is 16.2 Å². The Bertz CT molecular complexity index is 730. The molecule has 0 atom stereocenters. The molecule has 1 saturated carbocycles. The lowest BCUT2D eigenvalue weighted by Crippen LogP contribution is -2.27. The zero-order valence-electron chi connectivity index (χ0n) is 11.8. The van der Waals surface area contributed by atoms with Crippen LogP contribution in [-0.4, -0.2) is 22.4 Å². The number of rotatable bonds is 4. The molecule has 3 rings (SSSR count). The van der Waals surface area contributed by atoms with Crippen molar-refractivity contribution < 1.29 is 0 Å². The first kappa shape index (κ1) is 13.4. The van der Waals surface area contributed by atoms with Gasteiger partial charge in [-0.15, -0.1) is 0 Å². The number of anilines is 2. The fraction of sp³-hybridized carbons (Fsp3) is 0.267. The molecule has 0 spiro atoms. The van der Waals surface area contributed by atoms with Crippen molar-refractivity contribution in [3.8, 4) is 0 Å². The van der Waals surface area contributed by atoms with E-state index in [0.717, 1.165) is 18.5 Å². The van der Waals surface area contributed by atoms with Gasteiger partial charge in [0.15, 0.2) is 5.82 Å². The topological polar surface area (TPSA) is 88.0 Å². The summed E-state index contributed by atoms with van der Waals surface area (Å²) in [4.78, 5) is 18.4. The lowest BCUT2D eigenvalue weighted by Gasteiger charge is -2.18. The third-order valence-electron chi connectivity index (χ3n) is 3.67. The molecule has 1 aliphatic carbocycles. The smallest absolute Gasteiger partial charge is 0.294 e. The molecule has 6 heteroatoms. The van der Waals surface area contributed by atoms with Crippen molar-refractivity contribution in [3.05, 3.63) is 52.6 Å². The number of hydrogen-bond acceptors (Lipinski definition) is 4. The molecule has 1 aromatic carbocycles. The number of amidine groups is 1. The monoisotopic (exact) mass is 283 g/mol. The van der Waals surface area contributed by atoms with Gasteiger partial charge in [0.2, 0.25) is 0 Å². The standard InChI is InChI=1S/C15H17N5O/c1-19(11-4-2-10(3-5-11)13(16)17)14-15(21)20(9-8-18-14)12-6-7-12/h2-5,8-9,12H,6-7H2,1H3,(H3,16,17). The van der Waals surface area contributed by atoms with E-state index in [-0.39, 0.29) is 11.4 Å². The minimum Gasteiger partial charge on any atom is -0.384 e. The van der Waals surface area contributed by atoms with Gasteiger partial charge in [-0.2, -0.15) is 0 Å². The molecule has 0 radical (unpaired) electrons. The number of aromatic nitrogens is 2. The van der Waals surface area contributed by atoms with Gasteiger partial charge >= 0.3 is 0 Å². The molecule has 1 aromatic heterocycles. The lowest BCUT2D eigenvalue weighted by molar-refractivity contribution is 0.697. The number of nitrogens with two attached hydrogens (primary N) is 1. The second kappa shape index (κ2) is 5.05. The molecule has 21 heavy (non-hydrogen) atoms. The fourth-order valence-corrected chi connectivity index (χ4v) is 2.27. The number of nitrogens with one attached hydrogen (secondary N) is 1. The molecule has 0 unspecified atom stereocenters. The van der Waals surface area contributed by atoms with Crippen LogP contribution in [0.5, 0.6) is 0 Å². The van der Waals surface area contributed by atoms with E-state index < -0.39 is 0 Å². The van der Waals surface area contributed by atoms with Crippen molar-refractivity contribution >= 4 is 17.3 Å². The van der Waals surface area contributed by atoms with Crippen molar-refractivity contribution in [2.45, 2.75) is 18.9 Å². The van der Waals surface area contributed by atoms with Gasteiger partial charge in [0.25, 0.3) is 5.56 Å². The molecule has 0 bridgehead atoms. The highest BCUT2D eigenvalue weighted by atomic mass is 16.1. The number of hydrogen-bond donors (Lipinski definition) is 2. The molecule has 3 N–H and O–H groups in total. The number of nitrogen functional groups attached to an aromatic ring is 1. The van der Waals surface area contributed by atoms with Gasteiger partial charge in [-0.3, -0.25) is 10.2 Å². The molecule has 6 nitrogen and oxygen atoms in total. The van der Waals surface area contributed by atoms with Crippen LogP contribution in [0.15, 0.2) is 41.5 Å². The Morgan fingerprint density at radius 2 is 2.05 bits per heavy atom. The van der Waals surface area contributed by atoms with Gasteiger partial charge in [-0.25, -0.2) is 4.98 Å². The van der Waals surface area contributed by atoms with Crippen LogP contribution in [0.1, 0.15) is 24.4 Å². The van der Waals surface area contributed by atoms with Crippen molar-refractivity contribution in [2.75, 3.05) is 11.9 Å². The summed E-state index contributed by atoms with van der Waals surface area (Å²) in [7, 11) is 1.81. The SMILES string of the molecule is CN(c1ccc(C(=N)N)cc1)c1nccn(C2CC2)c1=O. The van der Waals surface area contributed by atoms with E-state index in [4.69, 9.17) is 11.1 Å². The first-order valence-electron chi connectivity index (χ1n) is 6.83. The van der Waals surface area contributed by atoms with E-state index >= 15 is 0 Å². The van der Waals surface area contributed by atoms with E-state index in [1.807, 2.05) is 19.2 Å². The van der Waals surface area contributed by atoms with E-state index in [0.29, 0.717) is 17.4 Å². The molecular formula is C15H17N5O. The Morgan fingerprint density at radius 3 is 2.62 bits per heavy atom. The Kier molecular flexibility index (Phi) is 3.21. The normalized spacial score (nSPS) is 14.0. The third kappa shape index (κ3) is 2.52. The van der Waals surface area contributed by atoms with E-state index in [1.54, 1.807) is 34.0 Å². The molecule has 0 amide bonds. The van der Waals surface area contributed by atoms with Crippen molar-refractivity contribution in [1.29, 1.82) is 5.41 Å². The summed E-state index contributed by atoms with van der Waals surface area (Å²) in [6.45, 7) is 0. The first-order valence-corrected chi connectivity index (χ1v) is 6.83. The average molecular weight is 283 g/mol. The fourth-order valence-electron chi connectivity index (χ4n) is 2.27. The average Bonchev–Trinajstić information content (AvgIpc) is 3.31. The van der Waals surface area contributed by atoms with Gasteiger partial charge < -0.3 is 15.2 Å². The first-order chi connectivity index (χ1) is 10.1. The van der Waals surface area contributed by atoms with Gasteiger partial charge in [0, 0.05) is 36.7 Å². The van der Waals surface area contributed by atoms with Gasteiger partial charge in [-0.1, -0.05) is 0 Å². The van der Waals surface area contributed by atoms with Crippen LogP contribution in [0.4, 0.5) is 11.5 Å². The quantitative estimate of drug-likeness (QED) is 0.659. The van der Waals surface area contributed by atoms with Crippen molar-refractivity contribution in [2.24, 2.45) is 5.73 Å². The van der Waals surface area contributed by atoms with Crippen LogP contribution in [0.3, 0.4) is 0 Å². The van der Waals surface area contributed by atoms with Crippen molar-refractivity contribution in [1.82, 2.24) is 9.55 Å². The van der Waals surface area contributed by atoms with Crippen LogP contribution in [-0.2, 0) is 0 Å². The van der Waals surface area contributed by atoms with Gasteiger partial charge in [0.05, 0.1) is 0 Å². The maximum atomic E-state index is 12.4. The molecule has 108 valence electrons. The zero-order valence-corrected chi connectivity index (χ0v) is 11.8. The molecule has 2 aromatic rings. The summed E-state index contributed by atoms with van der Waals surface area (Å²) in [6, 6.07) is 7.50. The predicted molar refractivity (Wildman–Crippen MR) is 82.3 cm³/mol. The minimum absolute atomic E-state index is 0.0260. The summed E-state index contributed by atoms with van der Waals surface area (Å²) in [5, 5.41) is 7.39. The predicted octanol–water partition coefficient (Wildman–Crippen LogP) is 1.63. The number of nitrogens with zero attached hydrogens (tertiary/aromatic N) is 3. The molecule has 0 saturated heterocycles. The Hall–Kier alpha value is -2.63. The lowest BCUT2D eigenvalue weighted by atomic mass is 10.2. The second-order valence-electron chi connectivity index (χ2n) is 5.21. The van der Waals surface area contributed by atoms with E-state index in [1.165, 1.54) is 0 Å². The summed E-state index contributed by atoms with van der Waals surface area (Å²) in [5.74, 6) is 0.429. The van der Waals surface area contributed by atoms with E-state index in [9.17, 15) is 4.79 Å². The highest BCUT2D eigenvalue weighted by molar-refractivity contribution is 5.95. The summed E-state index contributed by atoms with van der Waals surface area (Å²) < 4.78 is 1.75. The van der Waals surface area contributed by atoms with Crippen molar-refractivity contribution in [3.63, 3.8) is 0 Å². The Morgan fingerprint density at radius 1 is 1.38 bits per heavy atom. The van der Waals surface area contributed by atoms with Crippen LogP contribution in [0.2, 0.25) is 0 Å². The summed E-state index contributed by atoms with van der Waals surface area (Å²) >= 11 is 0. The molecule has 1 aliphatic rings. The van der Waals surface area contributed by atoms with Gasteiger partial charge in [-0.05, 0) is 37.1 Å². The Balaban J connectivity index is 1.94. The molecular weight excluding hydrogens is 266 g/mol. The van der Waals surface area contributed by atoms with Crippen LogP contribution in [0.25, 0.3) is 0 Å². The second-order valence-corrected chi connectivity index (χ2v) is 5.21. The summed E-state index contributed by atoms with van der Waals surface area (Å²) in [6.07, 6.45) is 5.52. The molecule has 1 heterocycles. The highest BCUT2D eigenvalue weighted by Crippen LogP contribution is 2.33. The van der Waals surface area contributed by atoms with Crippen LogP contribution in [0, 0.1) is 5.41 Å². The Labute approximate surface area is 122 Å². The summed E-state index contributed by atoms with van der Waals surface area (Å²) in [5.41, 5.74) is 6.86. The van der Waals surface area contributed by atoms with E-state index in [2.05, 4.69) is 4.98 Å². The minimum atomic E-state index is -0.0712. The zero-order chi connectivity index (χ0) is 15.0. The maximum absolute atomic E-state index is 12.4. The highest BCUT2D eigenvalue weighted by Gasteiger charge is 2.26.